The van der Waals surface area contributed by atoms with Crippen LogP contribution < -0.4 is 5.32 Å². The molecule has 0 saturated heterocycles. The highest BCUT2D eigenvalue weighted by Crippen LogP contribution is 2.29. The average molecular weight is 416 g/mol. The van der Waals surface area contributed by atoms with Crippen LogP contribution in [0.3, 0.4) is 0 Å². The molecular weight excluding hydrogens is 386 g/mol. The normalized spacial score (nSPS) is 14.4. The summed E-state index contributed by atoms with van der Waals surface area (Å²) in [5, 5.41) is 12.7. The highest BCUT2D eigenvalue weighted by atomic mass is 16.3. The monoisotopic (exact) mass is 415 g/mol. The lowest BCUT2D eigenvalue weighted by Crippen LogP contribution is -2.20. The Balaban J connectivity index is 1.63. The van der Waals surface area contributed by atoms with E-state index in [9.17, 15) is 9.90 Å². The average Bonchev–Trinajstić information content (AvgIpc) is 2.77. The Bertz CT molecular complexity index is 1030. The van der Waals surface area contributed by atoms with Crippen LogP contribution in [0.1, 0.15) is 55.5 Å². The van der Waals surface area contributed by atoms with E-state index in [4.69, 9.17) is 9.97 Å². The predicted octanol–water partition coefficient (Wildman–Crippen LogP) is 5.66. The molecule has 1 amide bonds. The fourth-order valence-electron chi connectivity index (χ4n) is 4.30. The maximum absolute atomic E-state index is 12.8. The molecule has 0 aliphatic heterocycles. The number of hydrogen-bond donors (Lipinski definition) is 2. The van der Waals surface area contributed by atoms with Crippen molar-refractivity contribution < 1.29 is 9.90 Å². The molecule has 5 nitrogen and oxygen atoms in total. The number of nitrogens with zero attached hydrogens (tertiary/aromatic N) is 2. The van der Waals surface area contributed by atoms with Gasteiger partial charge in [-0.05, 0) is 55.5 Å². The first-order valence-electron chi connectivity index (χ1n) is 11.1. The van der Waals surface area contributed by atoms with Crippen LogP contribution >= 0.6 is 0 Å². The molecule has 1 saturated carbocycles. The largest absolute Gasteiger partial charge is 0.508 e. The van der Waals surface area contributed by atoms with Gasteiger partial charge in [0.2, 0.25) is 5.91 Å². The fourth-order valence-corrected chi connectivity index (χ4v) is 4.30. The third-order valence-electron chi connectivity index (χ3n) is 5.95. The minimum atomic E-state index is 0.0206. The van der Waals surface area contributed by atoms with E-state index >= 15 is 0 Å². The quantitative estimate of drug-likeness (QED) is 0.545. The highest BCUT2D eigenvalue weighted by Gasteiger charge is 2.20. The molecular formula is C26H29N3O2. The van der Waals surface area contributed by atoms with Gasteiger partial charge in [-0.25, -0.2) is 9.97 Å². The maximum atomic E-state index is 12.8. The van der Waals surface area contributed by atoms with Crippen LogP contribution in [0.25, 0.3) is 11.3 Å². The van der Waals surface area contributed by atoms with Crippen LogP contribution in [0.4, 0.5) is 5.82 Å². The van der Waals surface area contributed by atoms with Crippen molar-refractivity contribution in [3.05, 3.63) is 71.5 Å². The van der Waals surface area contributed by atoms with Crippen molar-refractivity contribution in [2.24, 2.45) is 5.92 Å². The lowest BCUT2D eigenvalue weighted by molar-refractivity contribution is -0.117. The Kier molecular flexibility index (Phi) is 6.60. The van der Waals surface area contributed by atoms with Crippen molar-refractivity contribution >= 4 is 11.7 Å². The molecule has 3 aromatic rings. The van der Waals surface area contributed by atoms with E-state index in [0.29, 0.717) is 24.6 Å². The van der Waals surface area contributed by atoms with Crippen molar-refractivity contribution in [2.75, 3.05) is 5.32 Å². The van der Waals surface area contributed by atoms with Gasteiger partial charge in [-0.15, -0.1) is 0 Å². The highest BCUT2D eigenvalue weighted by molar-refractivity contribution is 5.90. The number of aromatic hydroxyl groups is 1. The molecule has 2 N–H and O–H groups in total. The van der Waals surface area contributed by atoms with E-state index in [1.54, 1.807) is 12.1 Å². The molecule has 0 unspecified atom stereocenters. The molecule has 5 heteroatoms. The van der Waals surface area contributed by atoms with E-state index in [0.717, 1.165) is 41.1 Å². The summed E-state index contributed by atoms with van der Waals surface area (Å²) in [6.45, 7) is 1.90. The van der Waals surface area contributed by atoms with Gasteiger partial charge >= 0.3 is 0 Å². The van der Waals surface area contributed by atoms with Gasteiger partial charge in [0, 0.05) is 18.4 Å². The van der Waals surface area contributed by atoms with E-state index in [-0.39, 0.29) is 11.7 Å². The van der Waals surface area contributed by atoms with Crippen molar-refractivity contribution in [1.82, 2.24) is 9.97 Å². The van der Waals surface area contributed by atoms with Gasteiger partial charge in [0.25, 0.3) is 0 Å². The number of nitrogens with one attached hydrogen (secondary N) is 1. The second-order valence-electron chi connectivity index (χ2n) is 8.42. The SMILES string of the molecule is Cc1nc(NC(=O)CC2CCCCC2)c(Cc2ccccc2)nc1-c1ccc(O)cc1. The molecule has 1 heterocycles. The molecule has 31 heavy (non-hydrogen) atoms. The van der Waals surface area contributed by atoms with Gasteiger partial charge in [-0.1, -0.05) is 49.6 Å². The van der Waals surface area contributed by atoms with Gasteiger partial charge in [-0.2, -0.15) is 0 Å². The summed E-state index contributed by atoms with van der Waals surface area (Å²) in [6, 6.07) is 17.0. The minimum Gasteiger partial charge on any atom is -0.508 e. The number of carbonyl (C=O) groups excluding carboxylic acids is 1. The van der Waals surface area contributed by atoms with Gasteiger partial charge in [0.15, 0.2) is 5.82 Å². The third-order valence-corrected chi connectivity index (χ3v) is 5.95. The van der Waals surface area contributed by atoms with Gasteiger partial charge in [0.1, 0.15) is 5.75 Å². The Hall–Kier alpha value is -3.21. The first-order valence-corrected chi connectivity index (χ1v) is 11.1. The molecule has 0 spiro atoms. The standard InChI is InChI=1S/C26H29N3O2/c1-18-25(21-12-14-22(30)15-13-21)28-23(16-19-8-4-2-5-9-19)26(27-18)29-24(31)17-20-10-6-3-7-11-20/h2,4-5,8-9,12-15,20,30H,3,6-7,10-11,16-17H2,1H3,(H,27,29,31). The molecule has 2 aromatic carbocycles. The number of amides is 1. The van der Waals surface area contributed by atoms with Crippen LogP contribution in [0, 0.1) is 12.8 Å². The number of rotatable bonds is 6. The van der Waals surface area contributed by atoms with Crippen LogP contribution in [0.2, 0.25) is 0 Å². The van der Waals surface area contributed by atoms with Crippen LogP contribution in [0.5, 0.6) is 5.75 Å². The zero-order valence-electron chi connectivity index (χ0n) is 18.0. The number of aromatic nitrogens is 2. The zero-order chi connectivity index (χ0) is 21.6. The number of carbonyl (C=O) groups is 1. The minimum absolute atomic E-state index is 0.0206. The third kappa shape index (κ3) is 5.48. The molecule has 4 rings (SSSR count). The predicted molar refractivity (Wildman–Crippen MR) is 123 cm³/mol. The summed E-state index contributed by atoms with van der Waals surface area (Å²) < 4.78 is 0. The Morgan fingerprint density at radius 3 is 2.42 bits per heavy atom. The van der Waals surface area contributed by atoms with Crippen molar-refractivity contribution in [3.8, 4) is 17.0 Å². The van der Waals surface area contributed by atoms with Crippen LogP contribution in [-0.2, 0) is 11.2 Å². The lowest BCUT2D eigenvalue weighted by Gasteiger charge is -2.21. The molecule has 1 aliphatic carbocycles. The number of benzene rings is 2. The molecule has 0 bridgehead atoms. The lowest BCUT2D eigenvalue weighted by atomic mass is 9.87. The number of aryl methyl sites for hydroxylation is 1. The summed E-state index contributed by atoms with van der Waals surface area (Å²) in [4.78, 5) is 22.4. The topological polar surface area (TPSA) is 75.1 Å². The molecule has 0 atom stereocenters. The molecule has 0 radical (unpaired) electrons. The van der Waals surface area contributed by atoms with E-state index in [1.165, 1.54) is 19.3 Å². The summed E-state index contributed by atoms with van der Waals surface area (Å²) in [5.41, 5.74) is 4.25. The molecule has 1 aliphatic rings. The number of anilines is 1. The smallest absolute Gasteiger partial charge is 0.225 e. The van der Waals surface area contributed by atoms with E-state index < -0.39 is 0 Å². The number of phenols is 1. The van der Waals surface area contributed by atoms with Crippen molar-refractivity contribution in [3.63, 3.8) is 0 Å². The fraction of sp³-hybridized carbons (Fsp3) is 0.346. The van der Waals surface area contributed by atoms with Gasteiger partial charge in [-0.3, -0.25) is 4.79 Å². The molecule has 1 aromatic heterocycles. The summed E-state index contributed by atoms with van der Waals surface area (Å²) in [6.07, 6.45) is 7.12. The van der Waals surface area contributed by atoms with Crippen LogP contribution in [0.15, 0.2) is 54.6 Å². The number of phenolic OH excluding ortho intramolecular Hbond substituents is 1. The zero-order valence-corrected chi connectivity index (χ0v) is 18.0. The van der Waals surface area contributed by atoms with E-state index in [2.05, 4.69) is 17.4 Å². The summed E-state index contributed by atoms with van der Waals surface area (Å²) >= 11 is 0. The number of hydrogen-bond acceptors (Lipinski definition) is 4. The van der Waals surface area contributed by atoms with Gasteiger partial charge < -0.3 is 10.4 Å². The Morgan fingerprint density at radius 1 is 1.00 bits per heavy atom. The molecule has 1 fully saturated rings. The second-order valence-corrected chi connectivity index (χ2v) is 8.42. The molecule has 160 valence electrons. The summed E-state index contributed by atoms with van der Waals surface area (Å²) in [7, 11) is 0. The Labute approximate surface area is 183 Å². The first kappa shape index (κ1) is 21.0. The maximum Gasteiger partial charge on any atom is 0.225 e. The van der Waals surface area contributed by atoms with E-state index in [1.807, 2.05) is 37.3 Å². The Morgan fingerprint density at radius 2 is 1.71 bits per heavy atom. The van der Waals surface area contributed by atoms with Crippen molar-refractivity contribution in [1.29, 1.82) is 0 Å². The van der Waals surface area contributed by atoms with Gasteiger partial charge in [0.05, 0.1) is 17.1 Å². The first-order chi connectivity index (χ1) is 15.1. The van der Waals surface area contributed by atoms with Crippen molar-refractivity contribution in [2.45, 2.75) is 51.9 Å². The van der Waals surface area contributed by atoms with Crippen LogP contribution in [-0.4, -0.2) is 21.0 Å². The summed E-state index contributed by atoms with van der Waals surface area (Å²) in [5.74, 6) is 1.25. The second kappa shape index (κ2) is 9.73.